The van der Waals surface area contributed by atoms with Crippen LogP contribution < -0.4 is 10.1 Å². The summed E-state index contributed by atoms with van der Waals surface area (Å²) in [6.45, 7) is 1.10. The minimum absolute atomic E-state index is 0.232. The Labute approximate surface area is 114 Å². The van der Waals surface area contributed by atoms with E-state index >= 15 is 0 Å². The first kappa shape index (κ1) is 14.3. The highest BCUT2D eigenvalue weighted by Crippen LogP contribution is 2.29. The van der Waals surface area contributed by atoms with Crippen molar-refractivity contribution in [2.75, 3.05) is 27.7 Å². The average molecular weight is 266 g/mol. The van der Waals surface area contributed by atoms with E-state index in [1.807, 2.05) is 20.2 Å². The lowest BCUT2D eigenvalue weighted by Crippen LogP contribution is -2.29. The third kappa shape index (κ3) is 3.45. The van der Waals surface area contributed by atoms with Crippen molar-refractivity contribution in [1.82, 2.24) is 10.2 Å². The van der Waals surface area contributed by atoms with Gasteiger partial charge in [-0.1, -0.05) is 6.07 Å². The quantitative estimate of drug-likeness (QED) is 0.886. The lowest BCUT2D eigenvalue weighted by molar-refractivity contribution is 0.261. The van der Waals surface area contributed by atoms with E-state index in [1.54, 1.807) is 12.1 Å². The van der Waals surface area contributed by atoms with E-state index in [1.165, 1.54) is 20.0 Å². The van der Waals surface area contributed by atoms with Gasteiger partial charge in [0, 0.05) is 12.1 Å². The number of ether oxygens (including phenoxy) is 1. The van der Waals surface area contributed by atoms with Crippen molar-refractivity contribution in [1.29, 1.82) is 0 Å². The van der Waals surface area contributed by atoms with E-state index in [2.05, 4.69) is 10.2 Å². The van der Waals surface area contributed by atoms with Crippen molar-refractivity contribution >= 4 is 0 Å². The van der Waals surface area contributed by atoms with Crippen molar-refractivity contribution in [2.45, 2.75) is 31.3 Å². The number of nitrogens with one attached hydrogen (secondary N) is 1. The summed E-state index contributed by atoms with van der Waals surface area (Å²) in [6, 6.07) is 6.04. The highest BCUT2D eigenvalue weighted by atomic mass is 19.1. The van der Waals surface area contributed by atoms with Crippen LogP contribution in [0, 0.1) is 5.82 Å². The normalized spacial score (nSPS) is 20.8. The summed E-state index contributed by atoms with van der Waals surface area (Å²) in [6.07, 6.45) is 3.46. The van der Waals surface area contributed by atoms with Gasteiger partial charge >= 0.3 is 0 Å². The number of benzene rings is 1. The topological polar surface area (TPSA) is 24.5 Å². The highest BCUT2D eigenvalue weighted by molar-refractivity contribution is 5.31. The van der Waals surface area contributed by atoms with Gasteiger partial charge in [0.1, 0.15) is 0 Å². The molecule has 106 valence electrons. The minimum atomic E-state index is -0.286. The molecule has 3 nitrogen and oxygen atoms in total. The van der Waals surface area contributed by atoms with E-state index in [0.717, 1.165) is 18.5 Å². The number of rotatable bonds is 5. The first-order valence-corrected chi connectivity index (χ1v) is 6.85. The Morgan fingerprint density at radius 2 is 2.26 bits per heavy atom. The fourth-order valence-electron chi connectivity index (χ4n) is 2.76. The summed E-state index contributed by atoms with van der Waals surface area (Å²) in [5.74, 6) is 0.0199. The zero-order chi connectivity index (χ0) is 13.8. The van der Waals surface area contributed by atoms with Gasteiger partial charge in [0.2, 0.25) is 0 Å². The molecule has 2 rings (SSSR count). The molecule has 1 fully saturated rings. The smallest absolute Gasteiger partial charge is 0.165 e. The van der Waals surface area contributed by atoms with E-state index < -0.39 is 0 Å². The minimum Gasteiger partial charge on any atom is -0.494 e. The van der Waals surface area contributed by atoms with Gasteiger partial charge < -0.3 is 15.0 Å². The van der Waals surface area contributed by atoms with Gasteiger partial charge in [0.15, 0.2) is 11.6 Å². The summed E-state index contributed by atoms with van der Waals surface area (Å²) in [5.41, 5.74) is 1.01. The molecule has 1 aliphatic heterocycles. The molecule has 1 aromatic rings. The fourth-order valence-corrected chi connectivity index (χ4v) is 2.76. The van der Waals surface area contributed by atoms with Crippen molar-refractivity contribution in [2.24, 2.45) is 0 Å². The van der Waals surface area contributed by atoms with Crippen LogP contribution in [0.2, 0.25) is 0 Å². The number of nitrogens with zero attached hydrogens (tertiary/aromatic N) is 1. The van der Waals surface area contributed by atoms with Gasteiger partial charge in [-0.2, -0.15) is 0 Å². The molecule has 0 aromatic heterocycles. The molecule has 2 atom stereocenters. The summed E-state index contributed by atoms with van der Waals surface area (Å²) >= 11 is 0. The molecule has 1 N–H and O–H groups in total. The third-order valence-corrected chi connectivity index (χ3v) is 3.85. The second-order valence-corrected chi connectivity index (χ2v) is 5.40. The van der Waals surface area contributed by atoms with Crippen molar-refractivity contribution in [3.63, 3.8) is 0 Å². The van der Waals surface area contributed by atoms with Crippen LogP contribution in [0.15, 0.2) is 18.2 Å². The summed E-state index contributed by atoms with van der Waals surface area (Å²) in [4.78, 5) is 2.15. The molecule has 2 unspecified atom stereocenters. The molecular formula is C15H23FN2O. The summed E-state index contributed by atoms with van der Waals surface area (Å²) in [7, 11) is 5.58. The van der Waals surface area contributed by atoms with Crippen LogP contribution in [0.3, 0.4) is 0 Å². The number of halogens is 1. The molecule has 0 aliphatic carbocycles. The lowest BCUT2D eigenvalue weighted by Gasteiger charge is -2.27. The van der Waals surface area contributed by atoms with Crippen LogP contribution in [-0.2, 0) is 0 Å². The van der Waals surface area contributed by atoms with Gasteiger partial charge in [-0.05, 0) is 57.6 Å². The highest BCUT2D eigenvalue weighted by Gasteiger charge is 2.23. The Bertz CT molecular complexity index is 417. The number of hydrogen-bond acceptors (Lipinski definition) is 3. The Balaban J connectivity index is 2.15. The van der Waals surface area contributed by atoms with Crippen molar-refractivity contribution in [3.05, 3.63) is 29.6 Å². The monoisotopic (exact) mass is 266 g/mol. The van der Waals surface area contributed by atoms with Gasteiger partial charge in [-0.25, -0.2) is 4.39 Å². The van der Waals surface area contributed by atoms with Crippen molar-refractivity contribution in [3.8, 4) is 5.75 Å². The largest absolute Gasteiger partial charge is 0.494 e. The van der Waals surface area contributed by atoms with E-state index in [4.69, 9.17) is 4.74 Å². The molecule has 0 radical (unpaired) electrons. The van der Waals surface area contributed by atoms with Crippen LogP contribution in [-0.4, -0.2) is 38.7 Å². The molecule has 0 bridgehead atoms. The summed E-state index contributed by atoms with van der Waals surface area (Å²) in [5, 5.41) is 3.50. The zero-order valence-electron chi connectivity index (χ0n) is 11.9. The Morgan fingerprint density at radius 3 is 2.79 bits per heavy atom. The molecule has 1 heterocycles. The molecule has 1 saturated heterocycles. The second-order valence-electron chi connectivity index (χ2n) is 5.40. The maximum absolute atomic E-state index is 13.8. The lowest BCUT2D eigenvalue weighted by atomic mass is 9.97. The number of hydrogen-bond donors (Lipinski definition) is 1. The maximum Gasteiger partial charge on any atom is 0.165 e. The van der Waals surface area contributed by atoms with Gasteiger partial charge in [-0.15, -0.1) is 0 Å². The SMILES string of the molecule is COc1ccc(C(CC2CCCN2)N(C)C)cc1F. The molecule has 0 amide bonds. The third-order valence-electron chi connectivity index (χ3n) is 3.85. The fraction of sp³-hybridized carbons (Fsp3) is 0.600. The maximum atomic E-state index is 13.8. The predicted octanol–water partition coefficient (Wildman–Crippen LogP) is 2.58. The van der Waals surface area contributed by atoms with Gasteiger partial charge in [0.25, 0.3) is 0 Å². The molecule has 0 saturated carbocycles. The van der Waals surface area contributed by atoms with E-state index in [-0.39, 0.29) is 11.9 Å². The first-order chi connectivity index (χ1) is 9.11. The van der Waals surface area contributed by atoms with Crippen molar-refractivity contribution < 1.29 is 9.13 Å². The second kappa shape index (κ2) is 6.35. The standard InChI is InChI=1S/C15H23FN2O/c1-18(2)14(10-12-5-4-8-17-12)11-6-7-15(19-3)13(16)9-11/h6-7,9,12,14,17H,4-5,8,10H2,1-3H3. The van der Waals surface area contributed by atoms with Crippen LogP contribution in [0.5, 0.6) is 5.75 Å². The van der Waals surface area contributed by atoms with E-state index in [0.29, 0.717) is 11.8 Å². The first-order valence-electron chi connectivity index (χ1n) is 6.85. The molecule has 4 heteroatoms. The number of methoxy groups -OCH3 is 1. The zero-order valence-corrected chi connectivity index (χ0v) is 11.9. The molecule has 1 aromatic carbocycles. The van der Waals surface area contributed by atoms with Crippen LogP contribution in [0.25, 0.3) is 0 Å². The van der Waals surface area contributed by atoms with Crippen LogP contribution in [0.1, 0.15) is 30.9 Å². The predicted molar refractivity (Wildman–Crippen MR) is 75.0 cm³/mol. The molecule has 1 aliphatic rings. The van der Waals surface area contributed by atoms with Gasteiger partial charge in [0.05, 0.1) is 7.11 Å². The molecule has 19 heavy (non-hydrogen) atoms. The molecule has 0 spiro atoms. The Hall–Kier alpha value is -1.13. The Kier molecular flexibility index (Phi) is 4.77. The van der Waals surface area contributed by atoms with Crippen LogP contribution >= 0.6 is 0 Å². The van der Waals surface area contributed by atoms with E-state index in [9.17, 15) is 4.39 Å². The van der Waals surface area contributed by atoms with Gasteiger partial charge in [-0.3, -0.25) is 0 Å². The van der Waals surface area contributed by atoms with Crippen LogP contribution in [0.4, 0.5) is 4.39 Å². The average Bonchev–Trinajstić information content (AvgIpc) is 2.88. The molecular weight excluding hydrogens is 243 g/mol. The Morgan fingerprint density at radius 1 is 1.47 bits per heavy atom. The summed E-state index contributed by atoms with van der Waals surface area (Å²) < 4.78 is 18.8.